The molecule has 0 atom stereocenters. The molecule has 0 radical (unpaired) electrons. The second-order valence-electron chi connectivity index (χ2n) is 26.5. The topological polar surface area (TPSA) is 16.3 Å². The maximum absolute atomic E-state index is 2.46. The van der Waals surface area contributed by atoms with Gasteiger partial charge in [-0.05, 0) is 212 Å². The summed E-state index contributed by atoms with van der Waals surface area (Å²) in [6.45, 7) is 4.58. The molecule has 0 unspecified atom stereocenters. The fourth-order valence-electron chi connectivity index (χ4n) is 15.4. The van der Waals surface area contributed by atoms with Crippen LogP contribution in [0.1, 0.15) is 11.1 Å². The molecule has 2 aromatic heterocycles. The Hall–Kier alpha value is -13.3. The predicted octanol–water partition coefficient (Wildman–Crippen LogP) is 27.1. The molecule has 0 bridgehead atoms. The zero-order valence-corrected chi connectivity index (χ0v) is 56.7. The molecule has 482 valence electrons. The first-order valence-electron chi connectivity index (χ1n) is 35.1. The molecule has 0 aliphatic heterocycles. The maximum atomic E-state index is 2.46. The second-order valence-corrected chi connectivity index (χ2v) is 26.5. The van der Waals surface area contributed by atoms with Gasteiger partial charge in [-0.25, -0.2) is 0 Å². The summed E-state index contributed by atoms with van der Waals surface area (Å²) in [5, 5.41) is 7.19. The Balaban J connectivity index is 0.695. The van der Waals surface area contributed by atoms with Gasteiger partial charge in [-0.2, -0.15) is 0 Å². The van der Waals surface area contributed by atoms with Crippen LogP contribution in [0.2, 0.25) is 0 Å². The Bertz CT molecular complexity index is 5670. The molecule has 2 heterocycles. The molecule has 0 aliphatic carbocycles. The van der Waals surface area contributed by atoms with Gasteiger partial charge in [-0.1, -0.05) is 279 Å². The first-order valence-corrected chi connectivity index (χ1v) is 35.1. The molecule has 0 saturated heterocycles. The van der Waals surface area contributed by atoms with E-state index < -0.39 is 0 Å². The lowest BCUT2D eigenvalue weighted by atomic mass is 9.99. The van der Waals surface area contributed by atoms with Crippen LogP contribution >= 0.6 is 0 Å². The van der Waals surface area contributed by atoms with Crippen LogP contribution in [0.5, 0.6) is 0 Å². The van der Waals surface area contributed by atoms with Crippen molar-refractivity contribution in [1.29, 1.82) is 0 Å². The standard InChI is InChI=1S/C98H70N4/c1-67-91-65-81(49-63-95(91)101(97(67)79-27-11-5-12-28-79)87-59-55-85(56-60-87)99(93-35-19-31-77-25-15-17-33-89(77)93)83-51-45-75(46-52-83)73-41-37-71(38-42-73)69-21-7-3-8-22-69)82-50-64-96-92(66-82)68(2)98(80-29-13-6-14-30-80)102(96)88-61-57-86(58-62-88)100(94-36-20-32-78-26-16-18-34-90(78)94)84-53-47-76(48-54-84)74-43-39-72(40-44-74)70-23-9-4-10-24-70/h3-66H,1-2H3. The van der Waals surface area contributed by atoms with Crippen molar-refractivity contribution in [1.82, 2.24) is 9.13 Å². The van der Waals surface area contributed by atoms with Gasteiger partial charge in [-0.3, -0.25) is 0 Å². The van der Waals surface area contributed by atoms with Crippen LogP contribution in [-0.2, 0) is 0 Å². The molecule has 0 spiro atoms. The van der Waals surface area contributed by atoms with Gasteiger partial charge in [-0.15, -0.1) is 0 Å². The molecular formula is C98H70N4. The highest BCUT2D eigenvalue weighted by Crippen LogP contribution is 2.46. The Kier molecular flexibility index (Phi) is 15.7. The fraction of sp³-hybridized carbons (Fsp3) is 0.0204. The average Bonchev–Trinajstić information content (AvgIpc) is 1.62. The van der Waals surface area contributed by atoms with Gasteiger partial charge in [0, 0.05) is 55.7 Å². The zero-order chi connectivity index (χ0) is 68.0. The first kappa shape index (κ1) is 61.1. The fourth-order valence-corrected chi connectivity index (χ4v) is 15.4. The molecule has 0 fully saturated rings. The van der Waals surface area contributed by atoms with Crippen molar-refractivity contribution in [2.45, 2.75) is 13.8 Å². The van der Waals surface area contributed by atoms with Crippen LogP contribution in [0.3, 0.4) is 0 Å². The lowest BCUT2D eigenvalue weighted by Crippen LogP contribution is -2.10. The number of anilines is 6. The van der Waals surface area contributed by atoms with E-state index in [1.165, 1.54) is 122 Å². The Morgan fingerprint density at radius 3 is 0.784 bits per heavy atom. The quantitative estimate of drug-likeness (QED) is 0.102. The van der Waals surface area contributed by atoms with E-state index in [1.54, 1.807) is 0 Å². The summed E-state index contributed by atoms with van der Waals surface area (Å²) in [4.78, 5) is 4.80. The molecule has 0 N–H and O–H groups in total. The monoisotopic (exact) mass is 1300 g/mol. The molecule has 16 aromatic carbocycles. The number of benzene rings is 16. The number of rotatable bonds is 15. The highest BCUT2D eigenvalue weighted by molar-refractivity contribution is 6.03. The van der Waals surface area contributed by atoms with E-state index in [4.69, 9.17) is 0 Å². The van der Waals surface area contributed by atoms with Crippen molar-refractivity contribution in [2.75, 3.05) is 9.80 Å². The molecule has 4 heteroatoms. The van der Waals surface area contributed by atoms with Crippen LogP contribution < -0.4 is 9.80 Å². The molecule has 0 aliphatic rings. The van der Waals surface area contributed by atoms with Crippen molar-refractivity contribution >= 4 is 77.5 Å². The van der Waals surface area contributed by atoms with E-state index >= 15 is 0 Å². The highest BCUT2D eigenvalue weighted by atomic mass is 15.2. The molecule has 0 amide bonds. The lowest BCUT2D eigenvalue weighted by Gasteiger charge is -2.27. The first-order chi connectivity index (χ1) is 50.4. The van der Waals surface area contributed by atoms with Gasteiger partial charge in [0.05, 0.1) is 33.8 Å². The Morgan fingerprint density at radius 2 is 0.451 bits per heavy atom. The van der Waals surface area contributed by atoms with Crippen molar-refractivity contribution in [2.24, 2.45) is 0 Å². The number of aromatic nitrogens is 2. The normalized spacial score (nSPS) is 11.4. The third-order valence-corrected chi connectivity index (χ3v) is 20.5. The van der Waals surface area contributed by atoms with E-state index in [9.17, 15) is 0 Å². The van der Waals surface area contributed by atoms with Crippen LogP contribution in [0.25, 0.3) is 133 Å². The molecule has 18 rings (SSSR count). The minimum Gasteiger partial charge on any atom is -0.310 e. The van der Waals surface area contributed by atoms with Crippen molar-refractivity contribution in [3.8, 4) is 89.5 Å². The van der Waals surface area contributed by atoms with Crippen molar-refractivity contribution < 1.29 is 0 Å². The summed E-state index contributed by atoms with van der Waals surface area (Å²) in [5.74, 6) is 0. The van der Waals surface area contributed by atoms with Gasteiger partial charge >= 0.3 is 0 Å². The third kappa shape index (κ3) is 11.2. The average molecular weight is 1300 g/mol. The van der Waals surface area contributed by atoms with E-state index in [0.29, 0.717) is 0 Å². The highest BCUT2D eigenvalue weighted by Gasteiger charge is 2.24. The largest absolute Gasteiger partial charge is 0.310 e. The number of nitrogens with zero attached hydrogens (tertiary/aromatic N) is 4. The number of aryl methyl sites for hydroxylation is 2. The molecule has 102 heavy (non-hydrogen) atoms. The third-order valence-electron chi connectivity index (χ3n) is 20.5. The van der Waals surface area contributed by atoms with Gasteiger partial charge in [0.2, 0.25) is 0 Å². The minimum absolute atomic E-state index is 1.07. The summed E-state index contributed by atoms with van der Waals surface area (Å²) >= 11 is 0. The van der Waals surface area contributed by atoms with E-state index in [-0.39, 0.29) is 0 Å². The summed E-state index contributed by atoms with van der Waals surface area (Å²) < 4.78 is 4.92. The Labute approximate surface area is 595 Å². The van der Waals surface area contributed by atoms with Gasteiger partial charge in [0.1, 0.15) is 0 Å². The smallest absolute Gasteiger partial charge is 0.0570 e. The van der Waals surface area contributed by atoms with Crippen molar-refractivity contribution in [3.05, 3.63) is 399 Å². The van der Waals surface area contributed by atoms with Crippen molar-refractivity contribution in [3.63, 3.8) is 0 Å². The van der Waals surface area contributed by atoms with Crippen LogP contribution in [0, 0.1) is 13.8 Å². The SMILES string of the molecule is Cc1c(-c2ccccc2)n(-c2ccc(N(c3ccc(-c4ccc(-c5ccccc5)cc4)cc3)c3cccc4ccccc34)cc2)c2ccc(-c3ccc4c(c3)c(C)c(-c3ccccc3)n4-c3ccc(N(c4ccc(-c5ccc(-c6ccccc6)cc5)cc4)c4cccc5ccccc45)cc3)cc12. The molecule has 0 saturated carbocycles. The number of hydrogen-bond donors (Lipinski definition) is 0. The van der Waals surface area contributed by atoms with E-state index in [0.717, 1.165) is 56.5 Å². The number of hydrogen-bond acceptors (Lipinski definition) is 2. The second kappa shape index (κ2) is 26.2. The van der Waals surface area contributed by atoms with Crippen LogP contribution in [0.15, 0.2) is 388 Å². The van der Waals surface area contributed by atoms with Crippen LogP contribution in [-0.4, -0.2) is 9.13 Å². The van der Waals surface area contributed by atoms with Gasteiger partial charge < -0.3 is 18.9 Å². The zero-order valence-electron chi connectivity index (χ0n) is 56.7. The summed E-state index contributed by atoms with van der Waals surface area (Å²) in [6.07, 6.45) is 0. The lowest BCUT2D eigenvalue weighted by molar-refractivity contribution is 1.12. The van der Waals surface area contributed by atoms with E-state index in [2.05, 4.69) is 421 Å². The van der Waals surface area contributed by atoms with Gasteiger partial charge in [0.25, 0.3) is 0 Å². The maximum Gasteiger partial charge on any atom is 0.0570 e. The summed E-state index contributed by atoms with van der Waals surface area (Å²) in [5.41, 5.74) is 30.1. The Morgan fingerprint density at radius 1 is 0.196 bits per heavy atom. The summed E-state index contributed by atoms with van der Waals surface area (Å²) in [6, 6.07) is 142. The van der Waals surface area contributed by atoms with Gasteiger partial charge in [0.15, 0.2) is 0 Å². The molecule has 18 aromatic rings. The van der Waals surface area contributed by atoms with E-state index in [1.807, 2.05) is 0 Å². The predicted molar refractivity (Wildman–Crippen MR) is 432 cm³/mol. The summed E-state index contributed by atoms with van der Waals surface area (Å²) in [7, 11) is 0. The number of fused-ring (bicyclic) bond motifs is 4. The van der Waals surface area contributed by atoms with Crippen LogP contribution in [0.4, 0.5) is 34.1 Å². The molecule has 4 nitrogen and oxygen atoms in total. The molecular weight excluding hydrogens is 1230 g/mol. The minimum atomic E-state index is 1.07.